The van der Waals surface area contributed by atoms with Crippen LogP contribution >= 0.6 is 11.6 Å². The molecule has 1 saturated heterocycles. The highest BCUT2D eigenvalue weighted by molar-refractivity contribution is 6.30. The van der Waals surface area contributed by atoms with Crippen molar-refractivity contribution < 1.29 is 9.18 Å². The second kappa shape index (κ2) is 6.97. The van der Waals surface area contributed by atoms with Gasteiger partial charge < -0.3 is 5.32 Å². The van der Waals surface area contributed by atoms with Crippen LogP contribution in [0.2, 0.25) is 5.02 Å². The number of nitrogens with one attached hydrogen (secondary N) is 1. The molecule has 0 radical (unpaired) electrons. The highest BCUT2D eigenvalue weighted by Crippen LogP contribution is 2.29. The Morgan fingerprint density at radius 2 is 2.18 bits per heavy atom. The maximum absolute atomic E-state index is 13.5. The van der Waals surface area contributed by atoms with Gasteiger partial charge in [-0.05, 0) is 55.8 Å². The van der Waals surface area contributed by atoms with Crippen molar-refractivity contribution in [2.45, 2.75) is 32.2 Å². The summed E-state index contributed by atoms with van der Waals surface area (Å²) >= 11 is 5.72. The van der Waals surface area contributed by atoms with Crippen LogP contribution in [0, 0.1) is 17.7 Å². The van der Waals surface area contributed by atoms with E-state index in [0.717, 1.165) is 57.4 Å². The van der Waals surface area contributed by atoms with Crippen molar-refractivity contribution in [2.24, 2.45) is 11.8 Å². The average Bonchev–Trinajstić information content (AvgIpc) is 3.34. The van der Waals surface area contributed by atoms with E-state index in [4.69, 9.17) is 11.6 Å². The van der Waals surface area contributed by atoms with Crippen molar-refractivity contribution in [3.63, 3.8) is 0 Å². The molecule has 0 unspecified atom stereocenters. The number of piperidine rings is 1. The van der Waals surface area contributed by atoms with E-state index >= 15 is 0 Å². The molecule has 3 nitrogen and oxygen atoms in total. The van der Waals surface area contributed by atoms with E-state index in [1.54, 1.807) is 6.07 Å². The first kappa shape index (κ1) is 15.8. The summed E-state index contributed by atoms with van der Waals surface area (Å²) in [6, 6.07) is 5.01. The van der Waals surface area contributed by atoms with Crippen molar-refractivity contribution in [1.82, 2.24) is 10.2 Å². The van der Waals surface area contributed by atoms with Crippen molar-refractivity contribution in [3.8, 4) is 0 Å². The molecule has 0 aromatic heterocycles. The minimum absolute atomic E-state index is 0.169. The molecule has 1 saturated carbocycles. The van der Waals surface area contributed by atoms with Crippen molar-refractivity contribution in [1.29, 1.82) is 0 Å². The molecule has 0 bridgehead atoms. The first-order chi connectivity index (χ1) is 10.6. The fourth-order valence-electron chi connectivity index (χ4n) is 3.09. The van der Waals surface area contributed by atoms with Crippen LogP contribution in [0.15, 0.2) is 18.2 Å². The summed E-state index contributed by atoms with van der Waals surface area (Å²) in [6.45, 7) is 3.48. The van der Waals surface area contributed by atoms with Gasteiger partial charge in [-0.3, -0.25) is 9.69 Å². The quantitative estimate of drug-likeness (QED) is 0.902. The van der Waals surface area contributed by atoms with Gasteiger partial charge in [-0.15, -0.1) is 0 Å². The van der Waals surface area contributed by atoms with Crippen LogP contribution in [0.25, 0.3) is 0 Å². The van der Waals surface area contributed by atoms with Crippen LogP contribution in [-0.4, -0.2) is 30.4 Å². The third kappa shape index (κ3) is 4.20. The summed E-state index contributed by atoms with van der Waals surface area (Å²) in [6.07, 6.45) is 4.37. The van der Waals surface area contributed by atoms with E-state index in [9.17, 15) is 9.18 Å². The van der Waals surface area contributed by atoms with Crippen LogP contribution in [-0.2, 0) is 11.3 Å². The number of likely N-dealkylation sites (tertiary alicyclic amines) is 1. The third-order valence-electron chi connectivity index (χ3n) is 4.51. The highest BCUT2D eigenvalue weighted by atomic mass is 35.5. The largest absolute Gasteiger partial charge is 0.356 e. The molecule has 1 amide bonds. The van der Waals surface area contributed by atoms with Gasteiger partial charge in [0.2, 0.25) is 5.91 Å². The topological polar surface area (TPSA) is 32.3 Å². The number of benzene rings is 1. The lowest BCUT2D eigenvalue weighted by Gasteiger charge is -2.32. The fraction of sp³-hybridized carbons (Fsp3) is 0.588. The van der Waals surface area contributed by atoms with Crippen LogP contribution in [0.5, 0.6) is 0 Å². The lowest BCUT2D eigenvalue weighted by molar-refractivity contribution is -0.122. The molecule has 0 spiro atoms. The fourth-order valence-corrected chi connectivity index (χ4v) is 3.21. The van der Waals surface area contributed by atoms with E-state index in [0.29, 0.717) is 5.92 Å². The first-order valence-electron chi connectivity index (χ1n) is 8.06. The van der Waals surface area contributed by atoms with Gasteiger partial charge in [0.1, 0.15) is 5.82 Å². The average molecular weight is 325 g/mol. The van der Waals surface area contributed by atoms with Gasteiger partial charge in [-0.1, -0.05) is 17.7 Å². The molecule has 1 aromatic carbocycles. The number of nitrogens with zero attached hydrogens (tertiary/aromatic N) is 1. The Morgan fingerprint density at radius 1 is 1.36 bits per heavy atom. The normalized spacial score (nSPS) is 22.5. The van der Waals surface area contributed by atoms with Gasteiger partial charge in [0.05, 0.1) is 5.02 Å². The number of hydrogen-bond donors (Lipinski definition) is 1. The second-order valence-corrected chi connectivity index (χ2v) is 6.92. The van der Waals surface area contributed by atoms with Crippen molar-refractivity contribution in [2.75, 3.05) is 19.6 Å². The third-order valence-corrected chi connectivity index (χ3v) is 4.81. The van der Waals surface area contributed by atoms with Gasteiger partial charge in [0.25, 0.3) is 0 Å². The van der Waals surface area contributed by atoms with Gasteiger partial charge >= 0.3 is 0 Å². The smallest absolute Gasteiger partial charge is 0.223 e. The standard InChI is InChI=1S/C17H22ClFN2O/c18-15-6-3-12(8-16(15)19)10-21-7-1-2-13(11-21)9-20-17(22)14-4-5-14/h3,6,8,13-14H,1-2,4-5,7,9-11H2,(H,20,22)/t13-/m1/s1. The molecule has 1 aliphatic heterocycles. The zero-order chi connectivity index (χ0) is 15.5. The summed E-state index contributed by atoms with van der Waals surface area (Å²) in [5.74, 6) is 0.631. The zero-order valence-corrected chi connectivity index (χ0v) is 13.4. The summed E-state index contributed by atoms with van der Waals surface area (Å²) < 4.78 is 13.5. The summed E-state index contributed by atoms with van der Waals surface area (Å²) in [5.41, 5.74) is 0.949. The molecule has 3 rings (SSSR count). The predicted molar refractivity (Wildman–Crippen MR) is 85.1 cm³/mol. The van der Waals surface area contributed by atoms with Crippen molar-refractivity contribution in [3.05, 3.63) is 34.6 Å². The zero-order valence-electron chi connectivity index (χ0n) is 12.7. The molecule has 1 aliphatic carbocycles. The van der Waals surface area contributed by atoms with E-state index in [2.05, 4.69) is 10.2 Å². The Hall–Kier alpha value is -1.13. The lowest BCUT2D eigenvalue weighted by atomic mass is 9.97. The Balaban J connectivity index is 1.49. The SMILES string of the molecule is O=C(NC[C@H]1CCCN(Cc2ccc(Cl)c(F)c2)C1)C1CC1. The molecule has 2 aliphatic rings. The Morgan fingerprint density at radius 3 is 2.91 bits per heavy atom. The Bertz CT molecular complexity index is 547. The molecule has 2 fully saturated rings. The van der Waals surface area contributed by atoms with E-state index < -0.39 is 0 Å². The predicted octanol–water partition coefficient (Wildman–Crippen LogP) is 3.22. The Kier molecular flexibility index (Phi) is 4.99. The van der Waals surface area contributed by atoms with Crippen LogP contribution in [0.4, 0.5) is 4.39 Å². The maximum Gasteiger partial charge on any atom is 0.223 e. The number of rotatable bonds is 5. The van der Waals surface area contributed by atoms with Gasteiger partial charge in [0, 0.05) is 25.6 Å². The van der Waals surface area contributed by atoms with E-state index in [1.807, 2.05) is 6.07 Å². The number of halogens is 2. The summed E-state index contributed by atoms with van der Waals surface area (Å²) in [5, 5.41) is 3.24. The minimum Gasteiger partial charge on any atom is -0.356 e. The summed E-state index contributed by atoms with van der Waals surface area (Å²) in [7, 11) is 0. The molecule has 1 heterocycles. The van der Waals surface area contributed by atoms with E-state index in [1.165, 1.54) is 6.07 Å². The molecule has 5 heteroatoms. The molecular formula is C17H22ClFN2O. The van der Waals surface area contributed by atoms with Crippen molar-refractivity contribution >= 4 is 17.5 Å². The second-order valence-electron chi connectivity index (χ2n) is 6.51. The highest BCUT2D eigenvalue weighted by Gasteiger charge is 2.30. The van der Waals surface area contributed by atoms with E-state index in [-0.39, 0.29) is 22.7 Å². The van der Waals surface area contributed by atoms with Gasteiger partial charge in [0.15, 0.2) is 0 Å². The number of amides is 1. The first-order valence-corrected chi connectivity index (χ1v) is 8.43. The van der Waals surface area contributed by atoms with Crippen LogP contribution < -0.4 is 5.32 Å². The summed E-state index contributed by atoms with van der Waals surface area (Å²) in [4.78, 5) is 14.0. The monoisotopic (exact) mass is 324 g/mol. The lowest BCUT2D eigenvalue weighted by Crippen LogP contribution is -2.40. The maximum atomic E-state index is 13.5. The number of carbonyl (C=O) groups is 1. The molecular weight excluding hydrogens is 303 g/mol. The van der Waals surface area contributed by atoms with Gasteiger partial charge in [-0.25, -0.2) is 4.39 Å². The number of hydrogen-bond acceptors (Lipinski definition) is 2. The minimum atomic E-state index is -0.357. The molecule has 22 heavy (non-hydrogen) atoms. The van der Waals surface area contributed by atoms with Gasteiger partial charge in [-0.2, -0.15) is 0 Å². The molecule has 1 N–H and O–H groups in total. The molecule has 120 valence electrons. The molecule has 1 atom stereocenters. The Labute approximate surface area is 135 Å². The van der Waals surface area contributed by atoms with Crippen LogP contribution in [0.1, 0.15) is 31.2 Å². The molecule has 1 aromatic rings. The van der Waals surface area contributed by atoms with Crippen LogP contribution in [0.3, 0.4) is 0 Å². The number of carbonyl (C=O) groups excluding carboxylic acids is 1.